The van der Waals surface area contributed by atoms with Gasteiger partial charge in [-0.25, -0.2) is 0 Å². The second kappa shape index (κ2) is 17.8. The molecule has 0 saturated carbocycles. The van der Waals surface area contributed by atoms with Crippen LogP contribution in [0.2, 0.25) is 10.0 Å². The van der Waals surface area contributed by atoms with Crippen molar-refractivity contribution in [2.24, 2.45) is 0 Å². The van der Waals surface area contributed by atoms with Crippen molar-refractivity contribution in [1.82, 2.24) is 25.0 Å². The van der Waals surface area contributed by atoms with Crippen LogP contribution in [0.3, 0.4) is 0 Å². The van der Waals surface area contributed by atoms with Gasteiger partial charge in [-0.15, -0.1) is 0 Å². The zero-order chi connectivity index (χ0) is 41.8. The van der Waals surface area contributed by atoms with E-state index in [1.807, 2.05) is 4.90 Å². The van der Waals surface area contributed by atoms with Gasteiger partial charge in [-0.1, -0.05) is 29.3 Å². The monoisotopic (exact) mass is 842 g/mol. The van der Waals surface area contributed by atoms with Gasteiger partial charge in [0.25, 0.3) is 11.8 Å². The van der Waals surface area contributed by atoms with Crippen LogP contribution in [-0.4, -0.2) is 115 Å². The fraction of sp³-hybridized carbons (Fsp3) is 0.341. The van der Waals surface area contributed by atoms with Gasteiger partial charge in [0.1, 0.15) is 17.9 Å². The van der Waals surface area contributed by atoms with E-state index < -0.39 is 29.7 Å². The number of piperidine rings is 1. The Morgan fingerprint density at radius 3 is 2.47 bits per heavy atom. The number of hydrogen-bond donors (Lipinski definition) is 3. The number of fused-ring (bicyclic) bond motifs is 2. The summed E-state index contributed by atoms with van der Waals surface area (Å²) in [5.74, 6) is -0.956. The number of nitrogens with one attached hydrogen (secondary N) is 3. The van der Waals surface area contributed by atoms with E-state index in [0.29, 0.717) is 100 Å². The van der Waals surface area contributed by atoms with Crippen molar-refractivity contribution in [2.75, 3.05) is 70.7 Å². The van der Waals surface area contributed by atoms with Crippen molar-refractivity contribution in [3.63, 3.8) is 0 Å². The molecule has 1 aromatic heterocycles. The van der Waals surface area contributed by atoms with E-state index >= 15 is 0 Å². The SMILES string of the molecule is COc1cc(Nc2c(C#N)cnc3cc(OCCCN4CCN(C(=O)CCNc5cccc6c5C(=O)N(C5CCC(=O)NC5=O)C6=O)CC4)c(OC)cc23)c(Cl)cc1Cl. The van der Waals surface area contributed by atoms with Gasteiger partial charge in [0.15, 0.2) is 11.5 Å². The lowest BCUT2D eigenvalue weighted by Gasteiger charge is -2.34. The Kier molecular flexibility index (Phi) is 12.4. The molecule has 18 heteroatoms. The van der Waals surface area contributed by atoms with Gasteiger partial charge < -0.3 is 29.7 Å². The van der Waals surface area contributed by atoms with Gasteiger partial charge in [-0.2, -0.15) is 5.26 Å². The van der Waals surface area contributed by atoms with Crippen LogP contribution in [0.25, 0.3) is 10.9 Å². The molecule has 7 rings (SSSR count). The van der Waals surface area contributed by atoms with Gasteiger partial charge in [0, 0.05) is 81.5 Å². The summed E-state index contributed by atoms with van der Waals surface area (Å²) in [6, 6.07) is 12.7. The molecule has 3 aromatic carbocycles. The maximum atomic E-state index is 13.4. The number of imide groups is 2. The molecule has 0 spiro atoms. The molecule has 0 radical (unpaired) electrons. The summed E-state index contributed by atoms with van der Waals surface area (Å²) in [7, 11) is 3.04. The third-order valence-electron chi connectivity index (χ3n) is 10.5. The Morgan fingerprint density at radius 2 is 1.75 bits per heavy atom. The number of rotatable bonds is 14. The molecule has 4 heterocycles. The number of halogens is 2. The summed E-state index contributed by atoms with van der Waals surface area (Å²) in [4.78, 5) is 73.2. The smallest absolute Gasteiger partial charge is 0.264 e. The first-order chi connectivity index (χ1) is 28.5. The average Bonchev–Trinajstić information content (AvgIpc) is 3.49. The number of ether oxygens (including phenoxy) is 3. The number of benzene rings is 3. The van der Waals surface area contributed by atoms with E-state index in [0.717, 1.165) is 11.4 Å². The van der Waals surface area contributed by atoms with Crippen molar-refractivity contribution in [3.8, 4) is 23.3 Å². The number of carbonyl (C=O) groups is 5. The van der Waals surface area contributed by atoms with E-state index in [1.54, 1.807) is 36.4 Å². The topological polar surface area (TPSA) is 196 Å². The summed E-state index contributed by atoms with van der Waals surface area (Å²) in [6.07, 6.45) is 2.47. The lowest BCUT2D eigenvalue weighted by atomic mass is 10.0. The molecular weight excluding hydrogens is 803 g/mol. The number of aromatic nitrogens is 1. The van der Waals surface area contributed by atoms with Gasteiger partial charge >= 0.3 is 0 Å². The van der Waals surface area contributed by atoms with Crippen LogP contribution in [0.1, 0.15) is 52.0 Å². The molecule has 3 aliphatic heterocycles. The highest BCUT2D eigenvalue weighted by Crippen LogP contribution is 2.40. The molecule has 306 valence electrons. The van der Waals surface area contributed by atoms with Crippen LogP contribution in [0, 0.1) is 11.3 Å². The Hall–Kier alpha value is -6.15. The van der Waals surface area contributed by atoms with Crippen molar-refractivity contribution in [2.45, 2.75) is 31.7 Å². The van der Waals surface area contributed by atoms with Crippen LogP contribution in [0.5, 0.6) is 17.2 Å². The largest absolute Gasteiger partial charge is 0.495 e. The van der Waals surface area contributed by atoms with Crippen LogP contribution >= 0.6 is 23.2 Å². The zero-order valence-corrected chi connectivity index (χ0v) is 33.7. The minimum absolute atomic E-state index is 0.0334. The van der Waals surface area contributed by atoms with Gasteiger partial charge in [-0.3, -0.25) is 44.1 Å². The average molecular weight is 844 g/mol. The third-order valence-corrected chi connectivity index (χ3v) is 11.1. The highest BCUT2D eigenvalue weighted by Gasteiger charge is 2.45. The van der Waals surface area contributed by atoms with Crippen LogP contribution in [0.4, 0.5) is 17.1 Å². The summed E-state index contributed by atoms with van der Waals surface area (Å²) >= 11 is 12.7. The molecule has 59 heavy (non-hydrogen) atoms. The number of nitrogens with zero attached hydrogens (tertiary/aromatic N) is 5. The first-order valence-corrected chi connectivity index (χ1v) is 19.7. The molecule has 1 unspecified atom stereocenters. The molecule has 4 aromatic rings. The van der Waals surface area contributed by atoms with Crippen molar-refractivity contribution < 1.29 is 38.2 Å². The van der Waals surface area contributed by atoms with E-state index in [9.17, 15) is 29.2 Å². The highest BCUT2D eigenvalue weighted by atomic mass is 35.5. The quantitative estimate of drug-likeness (QED) is 0.114. The molecule has 1 atom stereocenters. The fourth-order valence-electron chi connectivity index (χ4n) is 7.42. The second-order valence-electron chi connectivity index (χ2n) is 14.0. The normalized spacial score (nSPS) is 16.8. The second-order valence-corrected chi connectivity index (χ2v) is 14.9. The number of pyridine rings is 1. The van der Waals surface area contributed by atoms with Crippen LogP contribution < -0.4 is 30.2 Å². The predicted molar refractivity (Wildman–Crippen MR) is 219 cm³/mol. The number of amides is 5. The van der Waals surface area contributed by atoms with E-state index in [-0.39, 0.29) is 42.8 Å². The Morgan fingerprint density at radius 1 is 0.966 bits per heavy atom. The zero-order valence-electron chi connectivity index (χ0n) is 32.2. The first-order valence-electron chi connectivity index (χ1n) is 18.9. The standard InChI is InChI=1S/C41H40Cl2N8O8/c1-57-32-20-30(26(42)18-27(32)43)47-38-23(21-44)22-46-29-19-34(33(58-2)17-25(29)38)59-16-4-11-49-12-14-50(15-13-49)36(53)9-10-45-28-6-3-5-24-37(28)41(56)51(40(24)55)31-7-8-35(52)48-39(31)54/h3,5-6,17-20,22,31,45H,4,7-16H2,1-2H3,(H,46,47)(H,48,52,54). The summed E-state index contributed by atoms with van der Waals surface area (Å²) in [5.41, 5.74) is 2.57. The molecule has 0 bridgehead atoms. The van der Waals surface area contributed by atoms with Gasteiger partial charge in [0.05, 0.1) is 64.5 Å². The number of carbonyl (C=O) groups excluding carboxylic acids is 5. The maximum Gasteiger partial charge on any atom is 0.264 e. The van der Waals surface area contributed by atoms with Crippen molar-refractivity contribution in [3.05, 3.63) is 75.4 Å². The molecule has 16 nitrogen and oxygen atoms in total. The molecule has 0 aliphatic carbocycles. The lowest BCUT2D eigenvalue weighted by molar-refractivity contribution is -0.136. The Bertz CT molecular complexity index is 2400. The fourth-order valence-corrected chi connectivity index (χ4v) is 7.93. The molecule has 3 aliphatic rings. The number of nitriles is 1. The summed E-state index contributed by atoms with van der Waals surface area (Å²) < 4.78 is 17.2. The number of hydrogen-bond acceptors (Lipinski definition) is 13. The van der Waals surface area contributed by atoms with Gasteiger partial charge in [-0.05, 0) is 37.1 Å². The van der Waals surface area contributed by atoms with E-state index in [2.05, 4.69) is 31.9 Å². The summed E-state index contributed by atoms with van der Waals surface area (Å²) in [6.45, 7) is 3.91. The van der Waals surface area contributed by atoms with Gasteiger partial charge in [0.2, 0.25) is 17.7 Å². The van der Waals surface area contributed by atoms with Crippen molar-refractivity contribution >= 4 is 80.7 Å². The number of anilines is 3. The maximum absolute atomic E-state index is 13.4. The number of piperazine rings is 1. The Labute approximate surface area is 349 Å². The summed E-state index contributed by atoms with van der Waals surface area (Å²) in [5, 5.41) is 19.8. The molecule has 2 saturated heterocycles. The minimum Gasteiger partial charge on any atom is -0.495 e. The lowest BCUT2D eigenvalue weighted by Crippen LogP contribution is -2.54. The van der Waals surface area contributed by atoms with E-state index in [1.165, 1.54) is 26.5 Å². The molecule has 2 fully saturated rings. The predicted octanol–water partition coefficient (Wildman–Crippen LogP) is 4.99. The van der Waals surface area contributed by atoms with Crippen molar-refractivity contribution in [1.29, 1.82) is 5.26 Å². The molecular formula is C41H40Cl2N8O8. The van der Waals surface area contributed by atoms with Crippen LogP contribution in [-0.2, 0) is 14.4 Å². The highest BCUT2D eigenvalue weighted by molar-refractivity contribution is 6.37. The Balaban J connectivity index is 0.885. The van der Waals surface area contributed by atoms with E-state index in [4.69, 9.17) is 37.4 Å². The van der Waals surface area contributed by atoms with Crippen LogP contribution in [0.15, 0.2) is 48.7 Å². The molecule has 5 amide bonds. The minimum atomic E-state index is -1.06. The first kappa shape index (κ1) is 41.0. The molecule has 3 N–H and O–H groups in total. The third kappa shape index (κ3) is 8.54. The number of methoxy groups -OCH3 is 2.